The van der Waals surface area contributed by atoms with Crippen LogP contribution >= 0.6 is 11.8 Å². The number of nitrogens with zero attached hydrogens (tertiary/aromatic N) is 1. The van der Waals surface area contributed by atoms with Crippen molar-refractivity contribution in [3.8, 4) is 0 Å². The minimum Gasteiger partial charge on any atom is -0.227 e. The van der Waals surface area contributed by atoms with Crippen molar-refractivity contribution in [2.75, 3.05) is 19.8 Å². The predicted octanol–water partition coefficient (Wildman–Crippen LogP) is 0.400. The molecule has 12 heavy (non-hydrogen) atoms. The van der Waals surface area contributed by atoms with Gasteiger partial charge in [-0.2, -0.15) is 0 Å². The van der Waals surface area contributed by atoms with Gasteiger partial charge in [-0.15, -0.1) is 0 Å². The maximum absolute atomic E-state index is 11.3. The number of hydrogen-bond acceptors (Lipinski definition) is 3. The summed E-state index contributed by atoms with van der Waals surface area (Å²) in [5.74, 6) is -0.0174. The van der Waals surface area contributed by atoms with E-state index in [1.54, 1.807) is 13.8 Å². The van der Waals surface area contributed by atoms with Gasteiger partial charge < -0.3 is 0 Å². The third-order valence-electron chi connectivity index (χ3n) is 1.36. The van der Waals surface area contributed by atoms with Crippen LogP contribution < -0.4 is 4.84 Å². The molecule has 1 N–H and O–H groups in total. The second-order valence-electron chi connectivity index (χ2n) is 3.52. The monoisotopic (exact) mass is 214 g/mol. The van der Waals surface area contributed by atoms with E-state index in [4.69, 9.17) is 11.8 Å². The van der Waals surface area contributed by atoms with E-state index >= 15 is 0 Å². The molecule has 0 heterocycles. The van der Waals surface area contributed by atoms with Gasteiger partial charge in [0.2, 0.25) is 10.0 Å². The first kappa shape index (κ1) is 12.2. The average Bonchev–Trinajstić information content (AvgIpc) is 1.85. The molecule has 74 valence electrons. The second-order valence-corrected chi connectivity index (χ2v) is 5.89. The molecule has 0 saturated carbocycles. The van der Waals surface area contributed by atoms with Crippen LogP contribution in [0.25, 0.3) is 0 Å². The van der Waals surface area contributed by atoms with Crippen molar-refractivity contribution in [3.05, 3.63) is 0 Å². The highest BCUT2D eigenvalue weighted by Crippen LogP contribution is 2.09. The number of nitrogens with one attached hydrogen (secondary N) is 1. The molecular weight excluding hydrogens is 200 g/mol. The summed E-state index contributed by atoms with van der Waals surface area (Å²) in [6.45, 7) is 3.45. The fraction of sp³-hybridized carbons (Fsp3) is 1.00. The Hall–Kier alpha value is 0.160. The molecule has 0 rings (SSSR count). The van der Waals surface area contributed by atoms with Gasteiger partial charge in [0.15, 0.2) is 0 Å². The molecule has 4 nitrogen and oxygen atoms in total. The van der Waals surface area contributed by atoms with Crippen LogP contribution in [0.5, 0.6) is 0 Å². The van der Waals surface area contributed by atoms with Gasteiger partial charge in [0.05, 0.1) is 5.75 Å². The van der Waals surface area contributed by atoms with Crippen molar-refractivity contribution in [2.24, 2.45) is 0 Å². The molecule has 0 saturated heterocycles. The highest BCUT2D eigenvalue weighted by atomic mass is 35.5. The molecular formula is C6H15ClN2O2S. The molecule has 0 aromatic carbocycles. The molecule has 0 atom stereocenters. The zero-order valence-electron chi connectivity index (χ0n) is 7.76. The quantitative estimate of drug-likeness (QED) is 0.690. The van der Waals surface area contributed by atoms with Crippen molar-refractivity contribution in [3.63, 3.8) is 0 Å². The lowest BCUT2D eigenvalue weighted by Crippen LogP contribution is -2.43. The molecule has 6 heteroatoms. The molecule has 0 amide bonds. The number of halogens is 1. The first-order valence-electron chi connectivity index (χ1n) is 3.49. The van der Waals surface area contributed by atoms with Crippen molar-refractivity contribution in [1.82, 2.24) is 9.14 Å². The highest BCUT2D eigenvalue weighted by Gasteiger charge is 2.26. The van der Waals surface area contributed by atoms with Gasteiger partial charge in [0, 0.05) is 19.6 Å². The summed E-state index contributed by atoms with van der Waals surface area (Å²) < 4.78 is 23.8. The van der Waals surface area contributed by atoms with Crippen LogP contribution in [-0.2, 0) is 10.0 Å². The van der Waals surface area contributed by atoms with Crippen LogP contribution in [-0.4, -0.2) is 38.1 Å². The maximum Gasteiger partial charge on any atom is 0.215 e. The lowest BCUT2D eigenvalue weighted by Gasteiger charge is -2.23. The van der Waals surface area contributed by atoms with Crippen LogP contribution in [0.3, 0.4) is 0 Å². The fourth-order valence-corrected chi connectivity index (χ4v) is 2.00. The van der Waals surface area contributed by atoms with Crippen LogP contribution in [0.4, 0.5) is 0 Å². The largest absolute Gasteiger partial charge is 0.227 e. The van der Waals surface area contributed by atoms with Gasteiger partial charge >= 0.3 is 0 Å². The van der Waals surface area contributed by atoms with E-state index in [2.05, 4.69) is 4.84 Å². The number of hydrogen-bond donors (Lipinski definition) is 1. The van der Waals surface area contributed by atoms with E-state index in [1.807, 2.05) is 0 Å². The van der Waals surface area contributed by atoms with Crippen molar-refractivity contribution < 1.29 is 8.42 Å². The van der Waals surface area contributed by atoms with Crippen molar-refractivity contribution in [2.45, 2.75) is 19.4 Å². The van der Waals surface area contributed by atoms with E-state index in [-0.39, 0.29) is 5.75 Å². The number of sulfonamides is 1. The zero-order valence-corrected chi connectivity index (χ0v) is 9.33. The van der Waals surface area contributed by atoms with E-state index in [0.29, 0.717) is 0 Å². The lowest BCUT2D eigenvalue weighted by atomic mass is 10.1. The van der Waals surface area contributed by atoms with Crippen molar-refractivity contribution in [1.29, 1.82) is 0 Å². The summed E-state index contributed by atoms with van der Waals surface area (Å²) in [4.78, 5) is 2.42. The summed E-state index contributed by atoms with van der Waals surface area (Å²) in [7, 11) is -0.182. The molecule has 0 aliphatic carbocycles. The molecule has 0 aromatic heterocycles. The Kier molecular flexibility index (Phi) is 3.96. The minimum absolute atomic E-state index is 0.0174. The Morgan fingerprint density at radius 2 is 1.83 bits per heavy atom. The molecule has 0 fully saturated rings. The lowest BCUT2D eigenvalue weighted by molar-refractivity contribution is 0.476. The minimum atomic E-state index is -3.18. The topological polar surface area (TPSA) is 49.4 Å². The summed E-state index contributed by atoms with van der Waals surface area (Å²) in [6, 6.07) is 0. The standard InChI is InChI=1S/C6H15ClN2O2S/c1-6(2,8-7)5-12(10,11)9(3)4/h8H,5H2,1-4H3. The number of rotatable bonds is 4. The third-order valence-corrected chi connectivity index (χ3v) is 4.07. The molecule has 0 spiro atoms. The average molecular weight is 215 g/mol. The van der Waals surface area contributed by atoms with Gasteiger partial charge in [-0.25, -0.2) is 17.6 Å². The van der Waals surface area contributed by atoms with Gasteiger partial charge in [-0.1, -0.05) is 0 Å². The maximum atomic E-state index is 11.3. The first-order chi connectivity index (χ1) is 5.21. The smallest absolute Gasteiger partial charge is 0.215 e. The van der Waals surface area contributed by atoms with Crippen molar-refractivity contribution >= 4 is 21.8 Å². The Labute approximate surface area is 79.0 Å². The molecule has 0 aliphatic rings. The molecule has 0 aliphatic heterocycles. The SMILES string of the molecule is CN(C)S(=O)(=O)CC(C)(C)NCl. The summed E-state index contributed by atoms with van der Waals surface area (Å²) in [5, 5.41) is 0. The van der Waals surface area contributed by atoms with E-state index in [0.717, 1.165) is 0 Å². The Balaban J connectivity index is 4.47. The van der Waals surface area contributed by atoms with Crippen LogP contribution in [0.2, 0.25) is 0 Å². The second kappa shape index (κ2) is 3.91. The van der Waals surface area contributed by atoms with E-state index < -0.39 is 15.6 Å². The third kappa shape index (κ3) is 3.71. The zero-order chi connectivity index (χ0) is 9.99. The first-order valence-corrected chi connectivity index (χ1v) is 5.48. The summed E-state index contributed by atoms with van der Waals surface area (Å²) >= 11 is 5.37. The summed E-state index contributed by atoms with van der Waals surface area (Å²) in [6.07, 6.45) is 0. The predicted molar refractivity (Wildman–Crippen MR) is 50.5 cm³/mol. The van der Waals surface area contributed by atoms with Crippen LogP contribution in [0.1, 0.15) is 13.8 Å². The van der Waals surface area contributed by atoms with Gasteiger partial charge in [-0.05, 0) is 25.6 Å². The highest BCUT2D eigenvalue weighted by molar-refractivity contribution is 7.89. The Morgan fingerprint density at radius 3 is 2.08 bits per heavy atom. The molecule has 0 bridgehead atoms. The molecule has 0 aromatic rings. The van der Waals surface area contributed by atoms with Crippen LogP contribution in [0.15, 0.2) is 0 Å². The molecule has 0 radical (unpaired) electrons. The summed E-state index contributed by atoms with van der Waals surface area (Å²) in [5.41, 5.74) is -0.606. The van der Waals surface area contributed by atoms with Crippen LogP contribution in [0, 0.1) is 0 Å². The Bertz CT molecular complexity index is 236. The van der Waals surface area contributed by atoms with Gasteiger partial charge in [0.25, 0.3) is 0 Å². The Morgan fingerprint density at radius 1 is 1.42 bits per heavy atom. The van der Waals surface area contributed by atoms with Gasteiger partial charge in [0.1, 0.15) is 0 Å². The molecule has 0 unspecified atom stereocenters. The van der Waals surface area contributed by atoms with Gasteiger partial charge in [-0.3, -0.25) is 0 Å². The fourth-order valence-electron chi connectivity index (χ4n) is 0.612. The van der Waals surface area contributed by atoms with E-state index in [9.17, 15) is 8.42 Å². The normalized spacial score (nSPS) is 13.8. The van der Waals surface area contributed by atoms with E-state index in [1.165, 1.54) is 18.4 Å².